The highest BCUT2D eigenvalue weighted by Gasteiger charge is 2.22. The van der Waals surface area contributed by atoms with Gasteiger partial charge in [-0.1, -0.05) is 140 Å². The Morgan fingerprint density at radius 2 is 0.818 bits per heavy atom. The van der Waals surface area contributed by atoms with E-state index in [2.05, 4.69) is 114 Å². The maximum atomic E-state index is 9.85. The molecule has 0 spiro atoms. The highest BCUT2D eigenvalue weighted by Crippen LogP contribution is 2.42. The van der Waals surface area contributed by atoms with Crippen molar-refractivity contribution in [3.05, 3.63) is 217 Å². The minimum Gasteiger partial charge on any atom is -0.308 e. The normalized spacial score (nSPS) is 11.3. The smallest absolute Gasteiger partial charge is 0.166 e. The largest absolute Gasteiger partial charge is 0.308 e. The highest BCUT2D eigenvalue weighted by atomic mass is 32.1. The average Bonchev–Trinajstić information content (AvgIpc) is 3.93. The number of hydrogen-bond donors (Lipinski definition) is 0. The zero-order valence-corrected chi connectivity index (χ0v) is 36.0. The van der Waals surface area contributed by atoms with Crippen LogP contribution in [-0.4, -0.2) is 19.5 Å². The van der Waals surface area contributed by atoms with Gasteiger partial charge < -0.3 is 4.57 Å². The first-order chi connectivity index (χ1) is 32.6. The van der Waals surface area contributed by atoms with Crippen molar-refractivity contribution in [1.29, 1.82) is 10.5 Å². The van der Waals surface area contributed by atoms with Gasteiger partial charge in [0.2, 0.25) is 0 Å². The Morgan fingerprint density at radius 1 is 0.348 bits per heavy atom. The minimum atomic E-state index is 0.535. The SMILES string of the molecule is N#Cc1cccc(-c2ccc3c4ccc(-c5cccc(C#N)c5)cc4n(-c4ccc(-c5ccc6sc7ccccc7c6c5)cc4-c4nc(-c5ccccc5)nc(-c5ccccc5)n4)c3c2)c1. The van der Waals surface area contributed by atoms with Crippen LogP contribution in [0.4, 0.5) is 0 Å². The standard InChI is InChI=1S/C59H34N6S/c60-35-37-11-9-17-41(29-37)45-21-25-47-48-26-22-46(42-18-10-12-38(30-42)36-61)34-54(48)65(53(47)33-45)52-27-23-43(44-24-28-56-50(31-44)49-19-7-8-20-55(49)66-56)32-51(52)59-63-57(39-13-3-1-4-14-39)62-58(64-59)40-15-5-2-6-16-40/h1-34H. The molecule has 66 heavy (non-hydrogen) atoms. The third-order valence-corrected chi connectivity index (χ3v) is 13.5. The predicted molar refractivity (Wildman–Crippen MR) is 269 cm³/mol. The van der Waals surface area contributed by atoms with E-state index in [9.17, 15) is 10.5 Å². The van der Waals surface area contributed by atoms with E-state index in [1.54, 1.807) is 0 Å². The van der Waals surface area contributed by atoms with Crippen LogP contribution in [0.15, 0.2) is 206 Å². The molecule has 0 N–H and O–H groups in total. The van der Waals surface area contributed by atoms with E-state index in [1.807, 2.05) is 121 Å². The Morgan fingerprint density at radius 3 is 1.42 bits per heavy atom. The number of benzene rings is 9. The first kappa shape index (κ1) is 38.6. The second kappa shape index (κ2) is 16.0. The summed E-state index contributed by atoms with van der Waals surface area (Å²) in [6, 6.07) is 75.2. The van der Waals surface area contributed by atoms with Crippen LogP contribution < -0.4 is 0 Å². The second-order valence-electron chi connectivity index (χ2n) is 16.3. The van der Waals surface area contributed by atoms with Gasteiger partial charge in [0.25, 0.3) is 0 Å². The van der Waals surface area contributed by atoms with Crippen LogP contribution in [0.3, 0.4) is 0 Å². The molecule has 0 saturated carbocycles. The summed E-state index contributed by atoms with van der Waals surface area (Å²) >= 11 is 1.81. The Bertz CT molecular complexity index is 3790. The lowest BCUT2D eigenvalue weighted by Gasteiger charge is -2.17. The van der Waals surface area contributed by atoms with Crippen LogP contribution in [0.1, 0.15) is 11.1 Å². The van der Waals surface area contributed by atoms with Gasteiger partial charge in [0, 0.05) is 47.6 Å². The third-order valence-electron chi connectivity index (χ3n) is 12.3. The molecule has 0 aliphatic carbocycles. The average molecular weight is 859 g/mol. The van der Waals surface area contributed by atoms with Crippen molar-refractivity contribution in [2.75, 3.05) is 0 Å². The van der Waals surface area contributed by atoms with E-state index in [4.69, 9.17) is 15.0 Å². The van der Waals surface area contributed by atoms with E-state index in [1.165, 1.54) is 20.2 Å². The zero-order chi connectivity index (χ0) is 44.1. The van der Waals surface area contributed by atoms with E-state index < -0.39 is 0 Å². The van der Waals surface area contributed by atoms with Gasteiger partial charge in [-0.3, -0.25) is 0 Å². The van der Waals surface area contributed by atoms with Gasteiger partial charge >= 0.3 is 0 Å². The molecule has 0 fully saturated rings. The Balaban J connectivity index is 1.17. The number of rotatable bonds is 7. The van der Waals surface area contributed by atoms with Crippen molar-refractivity contribution in [3.8, 4) is 85.4 Å². The van der Waals surface area contributed by atoms with Crippen molar-refractivity contribution >= 4 is 53.3 Å². The maximum Gasteiger partial charge on any atom is 0.166 e. The Hall–Kier alpha value is -9.01. The molecule has 0 radical (unpaired) electrons. The molecular formula is C59H34N6S. The Labute approximate surface area is 384 Å². The van der Waals surface area contributed by atoms with Crippen LogP contribution in [-0.2, 0) is 0 Å². The molecule has 0 unspecified atom stereocenters. The second-order valence-corrected chi connectivity index (χ2v) is 17.3. The number of hydrogen-bond acceptors (Lipinski definition) is 6. The quantitative estimate of drug-likeness (QED) is 0.159. The van der Waals surface area contributed by atoms with Gasteiger partial charge in [-0.25, -0.2) is 15.0 Å². The first-order valence-corrected chi connectivity index (χ1v) is 22.4. The Kier molecular flexibility index (Phi) is 9.35. The number of nitrogens with zero attached hydrogens (tertiary/aromatic N) is 6. The van der Waals surface area contributed by atoms with Crippen LogP contribution >= 0.6 is 11.3 Å². The number of aromatic nitrogens is 4. The molecule has 306 valence electrons. The van der Waals surface area contributed by atoms with Gasteiger partial charge in [0.05, 0.1) is 40.0 Å². The lowest BCUT2D eigenvalue weighted by Crippen LogP contribution is -2.04. The molecule has 3 aromatic heterocycles. The molecule has 0 atom stereocenters. The molecule has 0 aliphatic heterocycles. The van der Waals surface area contributed by atoms with E-state index in [0.717, 1.165) is 77.6 Å². The summed E-state index contributed by atoms with van der Waals surface area (Å²) in [5.41, 5.74) is 12.6. The summed E-state index contributed by atoms with van der Waals surface area (Å²) in [5.74, 6) is 1.68. The van der Waals surface area contributed by atoms with Crippen LogP contribution in [0.25, 0.3) is 115 Å². The molecule has 12 rings (SSSR count). The first-order valence-electron chi connectivity index (χ1n) is 21.6. The van der Waals surface area contributed by atoms with Crippen molar-refractivity contribution in [1.82, 2.24) is 19.5 Å². The van der Waals surface area contributed by atoms with E-state index in [-0.39, 0.29) is 0 Å². The van der Waals surface area contributed by atoms with Crippen LogP contribution in [0.5, 0.6) is 0 Å². The topological polar surface area (TPSA) is 91.2 Å². The third kappa shape index (κ3) is 6.76. The van der Waals surface area contributed by atoms with Crippen molar-refractivity contribution < 1.29 is 0 Å². The highest BCUT2D eigenvalue weighted by molar-refractivity contribution is 7.25. The van der Waals surface area contributed by atoms with Crippen molar-refractivity contribution in [3.63, 3.8) is 0 Å². The molecule has 0 aliphatic rings. The minimum absolute atomic E-state index is 0.535. The number of thiophene rings is 1. The predicted octanol–water partition coefficient (Wildman–Crippen LogP) is 15.1. The molecule has 6 nitrogen and oxygen atoms in total. The summed E-state index contributed by atoms with van der Waals surface area (Å²) in [6.07, 6.45) is 0. The number of nitriles is 2. The van der Waals surface area contributed by atoms with Gasteiger partial charge in [-0.2, -0.15) is 10.5 Å². The fourth-order valence-electron chi connectivity index (χ4n) is 9.10. The van der Waals surface area contributed by atoms with Crippen LogP contribution in [0, 0.1) is 22.7 Å². The lowest BCUT2D eigenvalue weighted by molar-refractivity contribution is 1.06. The van der Waals surface area contributed by atoms with Crippen LogP contribution in [0.2, 0.25) is 0 Å². The molecule has 9 aromatic carbocycles. The van der Waals surface area contributed by atoms with Crippen molar-refractivity contribution in [2.45, 2.75) is 0 Å². The monoisotopic (exact) mass is 858 g/mol. The fourth-order valence-corrected chi connectivity index (χ4v) is 10.2. The van der Waals surface area contributed by atoms with Crippen molar-refractivity contribution in [2.24, 2.45) is 0 Å². The summed E-state index contributed by atoms with van der Waals surface area (Å²) in [7, 11) is 0. The maximum absolute atomic E-state index is 9.85. The summed E-state index contributed by atoms with van der Waals surface area (Å²) < 4.78 is 4.83. The van der Waals surface area contributed by atoms with E-state index >= 15 is 0 Å². The summed E-state index contributed by atoms with van der Waals surface area (Å²) in [6.45, 7) is 0. The lowest BCUT2D eigenvalue weighted by atomic mass is 9.99. The van der Waals surface area contributed by atoms with E-state index in [0.29, 0.717) is 28.6 Å². The van der Waals surface area contributed by atoms with Gasteiger partial charge in [-0.05, 0) is 100 Å². The molecule has 0 amide bonds. The summed E-state index contributed by atoms with van der Waals surface area (Å²) in [5, 5.41) is 24.3. The fraction of sp³-hybridized carbons (Fsp3) is 0. The van der Waals surface area contributed by atoms with Gasteiger partial charge in [0.15, 0.2) is 17.5 Å². The molecule has 12 aromatic rings. The molecule has 3 heterocycles. The number of fused-ring (bicyclic) bond motifs is 6. The molecular weight excluding hydrogens is 825 g/mol. The molecule has 0 bridgehead atoms. The molecule has 0 saturated heterocycles. The zero-order valence-electron chi connectivity index (χ0n) is 35.2. The van der Waals surface area contributed by atoms with Gasteiger partial charge in [0.1, 0.15) is 0 Å². The molecule has 7 heteroatoms. The summed E-state index contributed by atoms with van der Waals surface area (Å²) in [4.78, 5) is 15.7. The van der Waals surface area contributed by atoms with Gasteiger partial charge in [-0.15, -0.1) is 11.3 Å².